The lowest BCUT2D eigenvalue weighted by molar-refractivity contribution is 0.579. The Morgan fingerprint density at radius 3 is 2.79 bits per heavy atom. The molecule has 76 valence electrons. The van der Waals surface area contributed by atoms with Gasteiger partial charge >= 0.3 is 0 Å². The zero-order chi connectivity index (χ0) is 9.84. The summed E-state index contributed by atoms with van der Waals surface area (Å²) in [6.07, 6.45) is 0.118. The zero-order valence-corrected chi connectivity index (χ0v) is 9.61. The molecule has 1 aromatic carbocycles. The summed E-state index contributed by atoms with van der Waals surface area (Å²) in [4.78, 5) is 0. The third kappa shape index (κ3) is 2.95. The van der Waals surface area contributed by atoms with E-state index in [4.69, 9.17) is 11.0 Å². The molecule has 0 amide bonds. The normalized spacial score (nSPS) is 11.3. The van der Waals surface area contributed by atoms with Crippen LogP contribution < -0.4 is 5.73 Å². The molecule has 2 N–H and O–H groups in total. The van der Waals surface area contributed by atoms with Crippen molar-refractivity contribution in [3.8, 4) is 6.07 Å². The average Bonchev–Trinajstić information content (AvgIpc) is 2.10. The molecule has 2 nitrogen and oxygen atoms in total. The molecule has 0 radical (unpaired) electrons. The summed E-state index contributed by atoms with van der Waals surface area (Å²) in [5, 5.41) is 8.39. The Labute approximate surface area is 96.4 Å². The standard InChI is InChI=1S/C9H8BrFN2.ClH/c10-7-3-1-2-6(9(7)11)8(13)4-5-12;/h1-3,8H,4,13H2;1H/t8-;/m1./s1. The van der Waals surface area contributed by atoms with E-state index >= 15 is 0 Å². The van der Waals surface area contributed by atoms with E-state index < -0.39 is 6.04 Å². The van der Waals surface area contributed by atoms with Crippen molar-refractivity contribution in [1.82, 2.24) is 0 Å². The van der Waals surface area contributed by atoms with Crippen LogP contribution in [0.5, 0.6) is 0 Å². The minimum absolute atomic E-state index is 0. The first kappa shape index (κ1) is 13.4. The highest BCUT2D eigenvalue weighted by molar-refractivity contribution is 9.10. The van der Waals surface area contributed by atoms with Gasteiger partial charge in [0.2, 0.25) is 0 Å². The number of nitrogens with two attached hydrogens (primary N) is 1. The molecule has 0 aliphatic rings. The van der Waals surface area contributed by atoms with Gasteiger partial charge in [-0.15, -0.1) is 12.4 Å². The van der Waals surface area contributed by atoms with E-state index in [0.29, 0.717) is 10.0 Å². The Morgan fingerprint density at radius 2 is 2.21 bits per heavy atom. The van der Waals surface area contributed by atoms with Crippen molar-refractivity contribution in [3.63, 3.8) is 0 Å². The van der Waals surface area contributed by atoms with E-state index in [1.54, 1.807) is 18.2 Å². The minimum Gasteiger partial charge on any atom is -0.323 e. The maximum Gasteiger partial charge on any atom is 0.142 e. The molecule has 0 aliphatic heterocycles. The van der Waals surface area contributed by atoms with Gasteiger partial charge in [-0.2, -0.15) is 5.26 Å². The quantitative estimate of drug-likeness (QED) is 0.905. The van der Waals surface area contributed by atoms with E-state index in [1.807, 2.05) is 6.07 Å². The van der Waals surface area contributed by atoms with Crippen LogP contribution in [-0.4, -0.2) is 0 Å². The predicted molar refractivity (Wildman–Crippen MR) is 58.5 cm³/mol. The zero-order valence-electron chi connectivity index (χ0n) is 7.21. The number of hydrogen-bond donors (Lipinski definition) is 1. The van der Waals surface area contributed by atoms with E-state index in [0.717, 1.165) is 0 Å². The smallest absolute Gasteiger partial charge is 0.142 e. The van der Waals surface area contributed by atoms with Crippen molar-refractivity contribution in [2.24, 2.45) is 5.73 Å². The van der Waals surface area contributed by atoms with Crippen LogP contribution in [0.4, 0.5) is 4.39 Å². The number of nitriles is 1. The molecule has 1 aromatic rings. The van der Waals surface area contributed by atoms with Gasteiger partial charge in [0.25, 0.3) is 0 Å². The highest BCUT2D eigenvalue weighted by Gasteiger charge is 2.12. The Balaban J connectivity index is 0.00000169. The molecular weight excluding hydrogens is 270 g/mol. The molecule has 0 bridgehead atoms. The molecule has 0 fully saturated rings. The number of benzene rings is 1. The lowest BCUT2D eigenvalue weighted by Crippen LogP contribution is -2.11. The first-order chi connectivity index (χ1) is 6.16. The van der Waals surface area contributed by atoms with Crippen molar-refractivity contribution in [2.75, 3.05) is 0 Å². The van der Waals surface area contributed by atoms with E-state index in [-0.39, 0.29) is 24.6 Å². The van der Waals surface area contributed by atoms with Crippen LogP contribution in [0.2, 0.25) is 0 Å². The van der Waals surface area contributed by atoms with Gasteiger partial charge in [-0.05, 0) is 22.0 Å². The van der Waals surface area contributed by atoms with Gasteiger partial charge in [0.15, 0.2) is 0 Å². The van der Waals surface area contributed by atoms with Crippen molar-refractivity contribution in [3.05, 3.63) is 34.1 Å². The highest BCUT2D eigenvalue weighted by atomic mass is 79.9. The number of halogens is 3. The molecular formula is C9H9BrClFN2. The van der Waals surface area contributed by atoms with Gasteiger partial charge in [-0.3, -0.25) is 0 Å². The van der Waals surface area contributed by atoms with Crippen LogP contribution >= 0.6 is 28.3 Å². The Bertz CT molecular complexity index is 351. The first-order valence-corrected chi connectivity index (χ1v) is 4.52. The van der Waals surface area contributed by atoms with Crippen molar-refractivity contribution in [2.45, 2.75) is 12.5 Å². The maximum atomic E-state index is 13.3. The molecule has 14 heavy (non-hydrogen) atoms. The third-order valence-electron chi connectivity index (χ3n) is 1.69. The van der Waals surface area contributed by atoms with Crippen molar-refractivity contribution >= 4 is 28.3 Å². The fraction of sp³-hybridized carbons (Fsp3) is 0.222. The van der Waals surface area contributed by atoms with Crippen LogP contribution in [0, 0.1) is 17.1 Å². The van der Waals surface area contributed by atoms with Crippen molar-refractivity contribution in [1.29, 1.82) is 5.26 Å². The molecule has 1 atom stereocenters. The number of nitrogens with zero attached hydrogens (tertiary/aromatic N) is 1. The van der Waals surface area contributed by atoms with Gasteiger partial charge in [-0.25, -0.2) is 4.39 Å². The van der Waals surface area contributed by atoms with Gasteiger partial charge in [0.1, 0.15) is 5.82 Å². The highest BCUT2D eigenvalue weighted by Crippen LogP contribution is 2.23. The van der Waals surface area contributed by atoms with Gasteiger partial charge in [0.05, 0.1) is 17.0 Å². The van der Waals surface area contributed by atoms with Crippen LogP contribution in [0.15, 0.2) is 22.7 Å². The topological polar surface area (TPSA) is 49.8 Å². The van der Waals surface area contributed by atoms with Crippen LogP contribution in [-0.2, 0) is 0 Å². The van der Waals surface area contributed by atoms with Crippen LogP contribution in [0.25, 0.3) is 0 Å². The van der Waals surface area contributed by atoms with Crippen LogP contribution in [0.1, 0.15) is 18.0 Å². The van der Waals surface area contributed by atoms with E-state index in [9.17, 15) is 4.39 Å². The summed E-state index contributed by atoms with van der Waals surface area (Å²) in [5.74, 6) is -0.384. The van der Waals surface area contributed by atoms with Crippen LogP contribution in [0.3, 0.4) is 0 Å². The largest absolute Gasteiger partial charge is 0.323 e. The summed E-state index contributed by atoms with van der Waals surface area (Å²) in [6, 6.07) is 6.23. The lowest BCUT2D eigenvalue weighted by atomic mass is 10.1. The molecule has 0 aromatic heterocycles. The van der Waals surface area contributed by atoms with Gasteiger partial charge in [-0.1, -0.05) is 12.1 Å². The van der Waals surface area contributed by atoms with Gasteiger partial charge < -0.3 is 5.73 Å². The lowest BCUT2D eigenvalue weighted by Gasteiger charge is -2.09. The third-order valence-corrected chi connectivity index (χ3v) is 2.30. The predicted octanol–water partition coefficient (Wildman–Crippen LogP) is 2.92. The maximum absolute atomic E-state index is 13.3. The number of hydrogen-bond acceptors (Lipinski definition) is 2. The number of rotatable bonds is 2. The first-order valence-electron chi connectivity index (χ1n) is 3.73. The fourth-order valence-electron chi connectivity index (χ4n) is 1.02. The molecule has 0 saturated heterocycles. The molecule has 5 heteroatoms. The SMILES string of the molecule is Cl.N#CC[C@@H](N)c1cccc(Br)c1F. The summed E-state index contributed by atoms with van der Waals surface area (Å²) >= 11 is 3.05. The summed E-state index contributed by atoms with van der Waals surface area (Å²) in [6.45, 7) is 0. The Kier molecular flexibility index (Phi) is 5.70. The molecule has 0 heterocycles. The Morgan fingerprint density at radius 1 is 1.57 bits per heavy atom. The monoisotopic (exact) mass is 278 g/mol. The fourth-order valence-corrected chi connectivity index (χ4v) is 1.40. The molecule has 1 rings (SSSR count). The second-order valence-electron chi connectivity index (χ2n) is 2.61. The summed E-state index contributed by atoms with van der Waals surface area (Å²) < 4.78 is 13.7. The summed E-state index contributed by atoms with van der Waals surface area (Å²) in [7, 11) is 0. The minimum atomic E-state index is -0.553. The molecule has 0 saturated carbocycles. The molecule has 0 unspecified atom stereocenters. The average molecular weight is 280 g/mol. The van der Waals surface area contributed by atoms with Crippen molar-refractivity contribution < 1.29 is 4.39 Å². The Hall–Kier alpha value is -0.630. The second-order valence-corrected chi connectivity index (χ2v) is 3.47. The summed E-state index contributed by atoms with van der Waals surface area (Å²) in [5.41, 5.74) is 5.96. The molecule has 0 aliphatic carbocycles. The van der Waals surface area contributed by atoms with E-state index in [2.05, 4.69) is 15.9 Å². The van der Waals surface area contributed by atoms with Gasteiger partial charge in [0, 0.05) is 11.6 Å². The van der Waals surface area contributed by atoms with E-state index in [1.165, 1.54) is 0 Å². The molecule has 0 spiro atoms. The second kappa shape index (κ2) is 5.97.